The number of hydrogen-bond donors (Lipinski definition) is 0. The lowest BCUT2D eigenvalue weighted by molar-refractivity contribution is 0.342. The third-order valence-electron chi connectivity index (χ3n) is 5.43. The molecule has 0 saturated carbocycles. The molecule has 2 aromatic carbocycles. The minimum Gasteiger partial charge on any atom is -0.419 e. The number of benzene rings is 2. The predicted octanol–water partition coefficient (Wildman–Crippen LogP) is 5.10. The van der Waals surface area contributed by atoms with Crippen LogP contribution in [-0.2, 0) is 9.84 Å². The Bertz CT molecular complexity index is 1150. The molecule has 0 spiro atoms. The molecule has 0 aliphatic carbocycles. The topological polar surface area (TPSA) is 63.4 Å². The van der Waals surface area contributed by atoms with Gasteiger partial charge in [-0.1, -0.05) is 43.7 Å². The third kappa shape index (κ3) is 3.86. The Labute approximate surface area is 176 Å². The molecule has 2 atom stereocenters. The highest BCUT2D eigenvalue weighted by molar-refractivity contribution is 7.91. The van der Waals surface area contributed by atoms with Gasteiger partial charge >= 0.3 is 0 Å². The maximum Gasteiger partial charge on any atom is 0.236 e. The summed E-state index contributed by atoms with van der Waals surface area (Å²) in [5, 5.41) is -0.161. The SMILES string of the molecule is Cc1ccc(S(=O)(=O)c2nc(-c3ccccc3F)oc2N2CC(C)CC(C)C2)cc1. The number of oxazole rings is 1. The number of halogens is 1. The summed E-state index contributed by atoms with van der Waals surface area (Å²) in [4.78, 5) is 6.37. The maximum atomic E-state index is 14.4. The first-order chi connectivity index (χ1) is 14.3. The van der Waals surface area contributed by atoms with Gasteiger partial charge in [0.15, 0.2) is 0 Å². The molecule has 1 fully saturated rings. The molecule has 1 aliphatic rings. The van der Waals surface area contributed by atoms with Gasteiger partial charge in [0.25, 0.3) is 0 Å². The van der Waals surface area contributed by atoms with Crippen molar-refractivity contribution >= 4 is 15.7 Å². The van der Waals surface area contributed by atoms with Gasteiger partial charge in [0, 0.05) is 13.1 Å². The van der Waals surface area contributed by atoms with Gasteiger partial charge < -0.3 is 9.32 Å². The zero-order valence-electron chi connectivity index (χ0n) is 17.3. The fraction of sp³-hybridized carbons (Fsp3) is 0.348. The van der Waals surface area contributed by atoms with E-state index < -0.39 is 15.7 Å². The average Bonchev–Trinajstić information content (AvgIpc) is 3.14. The van der Waals surface area contributed by atoms with Crippen LogP contribution in [0.3, 0.4) is 0 Å². The first kappa shape index (κ1) is 20.6. The van der Waals surface area contributed by atoms with Gasteiger partial charge in [-0.15, -0.1) is 0 Å². The van der Waals surface area contributed by atoms with Gasteiger partial charge in [-0.3, -0.25) is 0 Å². The van der Waals surface area contributed by atoms with Crippen LogP contribution in [0, 0.1) is 24.6 Å². The molecule has 5 nitrogen and oxygen atoms in total. The van der Waals surface area contributed by atoms with Gasteiger partial charge in [0.1, 0.15) is 5.82 Å². The maximum absolute atomic E-state index is 14.4. The Morgan fingerprint density at radius 3 is 2.30 bits per heavy atom. The smallest absolute Gasteiger partial charge is 0.236 e. The second kappa shape index (κ2) is 7.87. The van der Waals surface area contributed by atoms with Crippen LogP contribution < -0.4 is 4.90 Å². The lowest BCUT2D eigenvalue weighted by Gasteiger charge is -2.34. The molecule has 0 radical (unpaired) electrons. The molecular weight excluding hydrogens is 403 g/mol. The minimum atomic E-state index is -3.94. The summed E-state index contributed by atoms with van der Waals surface area (Å²) < 4.78 is 47.2. The van der Waals surface area contributed by atoms with Crippen LogP contribution in [0.15, 0.2) is 62.9 Å². The van der Waals surface area contributed by atoms with Crippen LogP contribution in [0.1, 0.15) is 25.8 Å². The summed E-state index contributed by atoms with van der Waals surface area (Å²) in [6, 6.07) is 12.7. The summed E-state index contributed by atoms with van der Waals surface area (Å²) in [7, 11) is -3.94. The highest BCUT2D eigenvalue weighted by atomic mass is 32.2. The summed E-state index contributed by atoms with van der Waals surface area (Å²) >= 11 is 0. The van der Waals surface area contributed by atoms with Crippen molar-refractivity contribution in [1.29, 1.82) is 0 Å². The third-order valence-corrected chi connectivity index (χ3v) is 7.09. The van der Waals surface area contributed by atoms with E-state index in [9.17, 15) is 12.8 Å². The van der Waals surface area contributed by atoms with Gasteiger partial charge in [-0.05, 0) is 49.4 Å². The van der Waals surface area contributed by atoms with E-state index in [0.717, 1.165) is 12.0 Å². The minimum absolute atomic E-state index is 0.0281. The van der Waals surface area contributed by atoms with E-state index in [0.29, 0.717) is 24.9 Å². The van der Waals surface area contributed by atoms with Crippen molar-refractivity contribution in [2.45, 2.75) is 37.1 Å². The molecule has 1 aliphatic heterocycles. The number of sulfone groups is 1. The van der Waals surface area contributed by atoms with Crippen LogP contribution in [0.25, 0.3) is 11.5 Å². The van der Waals surface area contributed by atoms with Gasteiger partial charge in [-0.2, -0.15) is 4.98 Å². The van der Waals surface area contributed by atoms with Crippen molar-refractivity contribution in [2.24, 2.45) is 11.8 Å². The molecule has 2 unspecified atom stereocenters. The highest BCUT2D eigenvalue weighted by Gasteiger charge is 2.34. The van der Waals surface area contributed by atoms with Crippen molar-refractivity contribution in [2.75, 3.05) is 18.0 Å². The van der Waals surface area contributed by atoms with Crippen LogP contribution in [0.4, 0.5) is 10.3 Å². The van der Waals surface area contributed by atoms with Crippen molar-refractivity contribution < 1.29 is 17.2 Å². The number of nitrogens with zero attached hydrogens (tertiary/aromatic N) is 2. The molecule has 7 heteroatoms. The Balaban J connectivity index is 1.87. The highest BCUT2D eigenvalue weighted by Crippen LogP contribution is 2.37. The standard InChI is InChI=1S/C23H25FN2O3S/c1-15-8-10-18(11-9-15)30(27,28)22-23(26-13-16(2)12-17(3)14-26)29-21(25-22)19-6-4-5-7-20(19)24/h4-11,16-17H,12-14H2,1-3H3. The lowest BCUT2D eigenvalue weighted by Crippen LogP contribution is -2.39. The molecule has 1 aromatic heterocycles. The molecule has 0 N–H and O–H groups in total. The first-order valence-electron chi connectivity index (χ1n) is 10.1. The summed E-state index contributed by atoms with van der Waals surface area (Å²) in [5.41, 5.74) is 1.10. The average molecular weight is 429 g/mol. The number of piperidine rings is 1. The zero-order valence-corrected chi connectivity index (χ0v) is 18.1. The van der Waals surface area contributed by atoms with Gasteiger partial charge in [0.05, 0.1) is 10.5 Å². The molecule has 3 aromatic rings. The van der Waals surface area contributed by atoms with Crippen LogP contribution >= 0.6 is 0 Å². The van der Waals surface area contributed by atoms with Crippen molar-refractivity contribution in [1.82, 2.24) is 4.98 Å². The molecule has 4 rings (SSSR count). The van der Waals surface area contributed by atoms with E-state index >= 15 is 0 Å². The number of aromatic nitrogens is 1. The van der Waals surface area contributed by atoms with E-state index in [2.05, 4.69) is 18.8 Å². The number of aryl methyl sites for hydroxylation is 1. The fourth-order valence-electron chi connectivity index (χ4n) is 4.08. The van der Waals surface area contributed by atoms with Crippen molar-refractivity contribution in [3.05, 3.63) is 59.9 Å². The quantitative estimate of drug-likeness (QED) is 0.578. The summed E-state index contributed by atoms with van der Waals surface area (Å²) in [6.45, 7) is 7.47. The van der Waals surface area contributed by atoms with E-state index in [4.69, 9.17) is 4.42 Å². The van der Waals surface area contributed by atoms with Crippen LogP contribution in [-0.4, -0.2) is 26.5 Å². The summed E-state index contributed by atoms with van der Waals surface area (Å²) in [6.07, 6.45) is 1.06. The molecule has 2 heterocycles. The first-order valence-corrected chi connectivity index (χ1v) is 11.6. The van der Waals surface area contributed by atoms with Crippen molar-refractivity contribution in [3.63, 3.8) is 0 Å². The van der Waals surface area contributed by atoms with Crippen LogP contribution in [0.2, 0.25) is 0 Å². The molecule has 158 valence electrons. The molecule has 0 bridgehead atoms. The van der Waals surface area contributed by atoms with E-state index in [1.807, 2.05) is 11.8 Å². The number of rotatable bonds is 4. The van der Waals surface area contributed by atoms with E-state index in [1.54, 1.807) is 36.4 Å². The summed E-state index contributed by atoms with van der Waals surface area (Å²) in [5.74, 6) is 0.410. The predicted molar refractivity (Wildman–Crippen MR) is 114 cm³/mol. The van der Waals surface area contributed by atoms with E-state index in [-0.39, 0.29) is 27.3 Å². The largest absolute Gasteiger partial charge is 0.419 e. The van der Waals surface area contributed by atoms with Gasteiger partial charge in [0.2, 0.25) is 26.6 Å². The molecule has 30 heavy (non-hydrogen) atoms. The molecule has 0 amide bonds. The second-order valence-electron chi connectivity index (χ2n) is 8.28. The normalized spacial score (nSPS) is 19.8. The second-order valence-corrected chi connectivity index (χ2v) is 10.1. The zero-order chi connectivity index (χ0) is 21.5. The lowest BCUT2D eigenvalue weighted by atomic mass is 9.92. The van der Waals surface area contributed by atoms with Crippen LogP contribution in [0.5, 0.6) is 0 Å². The Morgan fingerprint density at radius 1 is 1.03 bits per heavy atom. The Morgan fingerprint density at radius 2 is 1.67 bits per heavy atom. The van der Waals surface area contributed by atoms with Gasteiger partial charge in [-0.25, -0.2) is 12.8 Å². The monoisotopic (exact) mass is 428 g/mol. The van der Waals surface area contributed by atoms with E-state index in [1.165, 1.54) is 12.1 Å². The Kier molecular flexibility index (Phi) is 5.40. The molecular formula is C23H25FN2O3S. The fourth-order valence-corrected chi connectivity index (χ4v) is 5.40. The Hall–Kier alpha value is -2.67. The van der Waals surface area contributed by atoms with Crippen molar-refractivity contribution in [3.8, 4) is 11.5 Å². The molecule has 1 saturated heterocycles. The number of hydrogen-bond acceptors (Lipinski definition) is 5. The number of anilines is 1.